The summed E-state index contributed by atoms with van der Waals surface area (Å²) >= 11 is 0. The van der Waals surface area contributed by atoms with E-state index in [-0.39, 0.29) is 18.3 Å². The van der Waals surface area contributed by atoms with Crippen molar-refractivity contribution in [3.63, 3.8) is 0 Å². The first-order valence-corrected chi connectivity index (χ1v) is 7.65. The number of rotatable bonds is 9. The first-order chi connectivity index (χ1) is 9.69. The Labute approximate surface area is 135 Å². The van der Waals surface area contributed by atoms with Crippen LogP contribution in [0, 0.1) is 11.8 Å². The van der Waals surface area contributed by atoms with Crippen molar-refractivity contribution in [2.45, 2.75) is 26.2 Å². The number of piperidine rings is 1. The topological polar surface area (TPSA) is 50.8 Å². The Kier molecular flexibility index (Phi) is 12.0. The van der Waals surface area contributed by atoms with E-state index in [4.69, 9.17) is 9.47 Å². The normalized spacial score (nSPS) is 19.7. The lowest BCUT2D eigenvalue weighted by atomic mass is 9.85. The molecule has 1 heterocycles. The lowest BCUT2D eigenvalue weighted by molar-refractivity contribution is -0.133. The molecule has 1 N–H and O–H groups in total. The molecule has 5 nitrogen and oxygen atoms in total. The molecule has 0 bridgehead atoms. The second kappa shape index (κ2) is 12.2. The zero-order valence-electron chi connectivity index (χ0n) is 13.6. The highest BCUT2D eigenvalue weighted by Crippen LogP contribution is 2.23. The molecule has 1 fully saturated rings. The van der Waals surface area contributed by atoms with E-state index < -0.39 is 0 Å². The van der Waals surface area contributed by atoms with Gasteiger partial charge >= 0.3 is 0 Å². The van der Waals surface area contributed by atoms with Gasteiger partial charge in [0.25, 0.3) is 0 Å². The highest BCUT2D eigenvalue weighted by molar-refractivity contribution is 5.85. The fourth-order valence-corrected chi connectivity index (χ4v) is 2.70. The molecule has 1 saturated heterocycles. The molecule has 1 amide bonds. The summed E-state index contributed by atoms with van der Waals surface area (Å²) in [6, 6.07) is 0. The SMILES string of the molecule is COCCN(CCOC)C(=O)CC(C)C1CCCNC1.Cl. The number of hydrogen-bond donors (Lipinski definition) is 1. The Hall–Kier alpha value is -0.360. The van der Waals surface area contributed by atoms with Crippen LogP contribution < -0.4 is 5.32 Å². The Morgan fingerprint density at radius 2 is 1.90 bits per heavy atom. The third kappa shape index (κ3) is 8.00. The molecule has 6 heteroatoms. The average Bonchev–Trinajstić information content (AvgIpc) is 2.48. The van der Waals surface area contributed by atoms with E-state index in [1.54, 1.807) is 14.2 Å². The van der Waals surface area contributed by atoms with Crippen molar-refractivity contribution >= 4 is 18.3 Å². The van der Waals surface area contributed by atoms with E-state index in [9.17, 15) is 4.79 Å². The molecule has 0 aliphatic carbocycles. The van der Waals surface area contributed by atoms with Crippen LogP contribution in [-0.2, 0) is 14.3 Å². The van der Waals surface area contributed by atoms with Gasteiger partial charge < -0.3 is 19.7 Å². The van der Waals surface area contributed by atoms with Crippen molar-refractivity contribution in [2.24, 2.45) is 11.8 Å². The van der Waals surface area contributed by atoms with Gasteiger partial charge in [-0.25, -0.2) is 0 Å². The average molecular weight is 323 g/mol. The maximum absolute atomic E-state index is 12.4. The van der Waals surface area contributed by atoms with Gasteiger partial charge in [0.1, 0.15) is 0 Å². The largest absolute Gasteiger partial charge is 0.383 e. The van der Waals surface area contributed by atoms with Crippen molar-refractivity contribution in [3.05, 3.63) is 0 Å². The highest BCUT2D eigenvalue weighted by Gasteiger charge is 2.24. The zero-order chi connectivity index (χ0) is 14.8. The number of hydrogen-bond acceptors (Lipinski definition) is 4. The summed E-state index contributed by atoms with van der Waals surface area (Å²) in [5, 5.41) is 3.42. The Morgan fingerprint density at radius 3 is 2.38 bits per heavy atom. The fourth-order valence-electron chi connectivity index (χ4n) is 2.70. The number of nitrogens with one attached hydrogen (secondary N) is 1. The zero-order valence-corrected chi connectivity index (χ0v) is 14.4. The van der Waals surface area contributed by atoms with Crippen LogP contribution in [0.1, 0.15) is 26.2 Å². The number of methoxy groups -OCH3 is 2. The Bertz CT molecular complexity index is 266. The van der Waals surface area contributed by atoms with Crippen LogP contribution in [0.15, 0.2) is 0 Å². The van der Waals surface area contributed by atoms with Crippen molar-refractivity contribution in [1.82, 2.24) is 10.2 Å². The third-order valence-electron chi connectivity index (χ3n) is 4.12. The van der Waals surface area contributed by atoms with Gasteiger partial charge in [0, 0.05) is 33.7 Å². The molecule has 0 aromatic rings. The summed E-state index contributed by atoms with van der Waals surface area (Å²) in [6.07, 6.45) is 3.08. The molecular weight excluding hydrogens is 292 g/mol. The molecule has 0 aromatic heterocycles. The van der Waals surface area contributed by atoms with Crippen molar-refractivity contribution in [3.8, 4) is 0 Å². The first kappa shape index (κ1) is 20.6. The minimum Gasteiger partial charge on any atom is -0.383 e. The molecule has 21 heavy (non-hydrogen) atoms. The maximum Gasteiger partial charge on any atom is 0.223 e. The van der Waals surface area contributed by atoms with Gasteiger partial charge in [-0.2, -0.15) is 0 Å². The summed E-state index contributed by atoms with van der Waals surface area (Å²) in [6.45, 7) is 6.81. The summed E-state index contributed by atoms with van der Waals surface area (Å²) < 4.78 is 10.2. The predicted molar refractivity (Wildman–Crippen MR) is 87.0 cm³/mol. The first-order valence-electron chi connectivity index (χ1n) is 7.65. The lowest BCUT2D eigenvalue weighted by Gasteiger charge is -2.30. The van der Waals surface area contributed by atoms with Gasteiger partial charge in [0.05, 0.1) is 13.2 Å². The van der Waals surface area contributed by atoms with Crippen LogP contribution in [0.3, 0.4) is 0 Å². The van der Waals surface area contributed by atoms with Crippen LogP contribution in [0.2, 0.25) is 0 Å². The smallest absolute Gasteiger partial charge is 0.223 e. The van der Waals surface area contributed by atoms with E-state index >= 15 is 0 Å². The van der Waals surface area contributed by atoms with Crippen LogP contribution in [0.4, 0.5) is 0 Å². The molecule has 2 atom stereocenters. The number of halogens is 1. The van der Waals surface area contributed by atoms with Crippen LogP contribution in [0.25, 0.3) is 0 Å². The molecule has 0 radical (unpaired) electrons. The number of ether oxygens (including phenoxy) is 2. The molecular formula is C15H31ClN2O3. The fraction of sp³-hybridized carbons (Fsp3) is 0.933. The number of nitrogens with zero attached hydrogens (tertiary/aromatic N) is 1. The number of carbonyl (C=O) groups is 1. The van der Waals surface area contributed by atoms with Crippen LogP contribution in [0.5, 0.6) is 0 Å². The standard InChI is InChI=1S/C15H30N2O3.ClH/c1-13(14-5-4-6-16-12-14)11-15(18)17(7-9-19-2)8-10-20-3;/h13-14,16H,4-12H2,1-3H3;1H. The van der Waals surface area contributed by atoms with Gasteiger partial charge in [-0.3, -0.25) is 4.79 Å². The van der Waals surface area contributed by atoms with Gasteiger partial charge in [-0.15, -0.1) is 12.4 Å². The summed E-state index contributed by atoms with van der Waals surface area (Å²) in [5.74, 6) is 1.28. The van der Waals surface area contributed by atoms with Gasteiger partial charge in [0.15, 0.2) is 0 Å². The van der Waals surface area contributed by atoms with Crippen LogP contribution in [-0.4, -0.2) is 64.4 Å². The summed E-state index contributed by atoms with van der Waals surface area (Å²) in [7, 11) is 3.32. The van der Waals surface area contributed by atoms with Gasteiger partial charge in [0.2, 0.25) is 5.91 Å². The molecule has 126 valence electrons. The molecule has 0 spiro atoms. The van der Waals surface area contributed by atoms with Gasteiger partial charge in [-0.05, 0) is 37.8 Å². The molecule has 1 aliphatic heterocycles. The summed E-state index contributed by atoms with van der Waals surface area (Å²) in [5.41, 5.74) is 0. The number of carbonyl (C=O) groups excluding carboxylic acids is 1. The monoisotopic (exact) mass is 322 g/mol. The molecule has 1 aliphatic rings. The minimum absolute atomic E-state index is 0. The second-order valence-corrected chi connectivity index (χ2v) is 5.65. The quantitative estimate of drug-likeness (QED) is 0.700. The molecule has 2 unspecified atom stereocenters. The van der Waals surface area contributed by atoms with Crippen molar-refractivity contribution in [2.75, 3.05) is 53.6 Å². The maximum atomic E-state index is 12.4. The van der Waals surface area contributed by atoms with E-state index in [2.05, 4.69) is 12.2 Å². The van der Waals surface area contributed by atoms with Crippen molar-refractivity contribution in [1.29, 1.82) is 0 Å². The molecule has 0 saturated carbocycles. The van der Waals surface area contributed by atoms with E-state index in [0.29, 0.717) is 44.6 Å². The van der Waals surface area contributed by atoms with E-state index in [1.807, 2.05) is 4.90 Å². The molecule has 1 rings (SSSR count). The summed E-state index contributed by atoms with van der Waals surface area (Å²) in [4.78, 5) is 14.3. The lowest BCUT2D eigenvalue weighted by Crippen LogP contribution is -2.39. The van der Waals surface area contributed by atoms with E-state index in [1.165, 1.54) is 12.8 Å². The number of amides is 1. The second-order valence-electron chi connectivity index (χ2n) is 5.65. The van der Waals surface area contributed by atoms with Crippen LogP contribution >= 0.6 is 12.4 Å². The predicted octanol–water partition coefficient (Wildman–Crippen LogP) is 1.56. The Balaban J connectivity index is 0.00000400. The molecule has 0 aromatic carbocycles. The minimum atomic E-state index is 0. The third-order valence-corrected chi connectivity index (χ3v) is 4.12. The van der Waals surface area contributed by atoms with E-state index in [0.717, 1.165) is 13.1 Å². The highest BCUT2D eigenvalue weighted by atomic mass is 35.5. The van der Waals surface area contributed by atoms with Gasteiger partial charge in [-0.1, -0.05) is 6.92 Å². The van der Waals surface area contributed by atoms with Crippen molar-refractivity contribution < 1.29 is 14.3 Å². The Morgan fingerprint density at radius 1 is 1.29 bits per heavy atom.